The molecule has 0 radical (unpaired) electrons. The summed E-state index contributed by atoms with van der Waals surface area (Å²) in [7, 11) is 0. The third-order valence-corrected chi connectivity index (χ3v) is 4.18. The van der Waals surface area contributed by atoms with Crippen LogP contribution in [0.3, 0.4) is 0 Å². The fourth-order valence-electron chi connectivity index (χ4n) is 2.84. The molecule has 0 unspecified atom stereocenters. The first-order chi connectivity index (χ1) is 11.5. The predicted octanol–water partition coefficient (Wildman–Crippen LogP) is 3.84. The van der Waals surface area contributed by atoms with Gasteiger partial charge in [-0.05, 0) is 50.8 Å². The molecule has 130 valence electrons. The summed E-state index contributed by atoms with van der Waals surface area (Å²) in [4.78, 5) is 14.4. The highest BCUT2D eigenvalue weighted by Gasteiger charge is 2.16. The fraction of sp³-hybridized carbons (Fsp3) is 0.474. The van der Waals surface area contributed by atoms with Gasteiger partial charge < -0.3 is 9.42 Å². The third kappa shape index (κ3) is 4.91. The summed E-state index contributed by atoms with van der Waals surface area (Å²) in [6, 6.07) is 6.55. The van der Waals surface area contributed by atoms with Gasteiger partial charge in [-0.2, -0.15) is 0 Å². The Bertz CT molecular complexity index is 662. The number of hydrogen-bond donors (Lipinski definition) is 0. The molecule has 1 amide bonds. The van der Waals surface area contributed by atoms with E-state index in [1.165, 1.54) is 12.1 Å². The van der Waals surface area contributed by atoms with Crippen molar-refractivity contribution in [2.24, 2.45) is 0 Å². The number of benzene rings is 1. The number of aromatic nitrogens is 1. The smallest absolute Gasteiger partial charge is 0.222 e. The van der Waals surface area contributed by atoms with Crippen LogP contribution in [0.15, 0.2) is 28.8 Å². The highest BCUT2D eigenvalue weighted by atomic mass is 19.1. The first-order valence-corrected chi connectivity index (χ1v) is 8.45. The quantitative estimate of drug-likeness (QED) is 0.738. The van der Waals surface area contributed by atoms with Crippen molar-refractivity contribution in [2.45, 2.75) is 46.5 Å². The fourth-order valence-corrected chi connectivity index (χ4v) is 2.84. The van der Waals surface area contributed by atoms with Crippen LogP contribution in [0, 0.1) is 19.7 Å². The predicted molar refractivity (Wildman–Crippen MR) is 91.3 cm³/mol. The molecular formula is C19H25FN2O2. The summed E-state index contributed by atoms with van der Waals surface area (Å²) >= 11 is 0. The molecule has 0 spiro atoms. The zero-order valence-electron chi connectivity index (χ0n) is 14.6. The van der Waals surface area contributed by atoms with Gasteiger partial charge >= 0.3 is 0 Å². The molecule has 5 heteroatoms. The number of nitrogens with zero attached hydrogens (tertiary/aromatic N) is 2. The second-order valence-corrected chi connectivity index (χ2v) is 6.06. The molecule has 0 saturated carbocycles. The highest BCUT2D eigenvalue weighted by molar-refractivity contribution is 5.76. The summed E-state index contributed by atoms with van der Waals surface area (Å²) in [5, 5.41) is 3.92. The van der Waals surface area contributed by atoms with Crippen LogP contribution in [0.4, 0.5) is 4.39 Å². The largest absolute Gasteiger partial charge is 0.361 e. The number of aryl methyl sites for hydroxylation is 2. The molecule has 1 aromatic heterocycles. The van der Waals surface area contributed by atoms with Crippen molar-refractivity contribution in [1.29, 1.82) is 0 Å². The van der Waals surface area contributed by atoms with Gasteiger partial charge in [0.2, 0.25) is 5.91 Å². The average molecular weight is 332 g/mol. The Morgan fingerprint density at radius 2 is 2.04 bits per heavy atom. The Hall–Kier alpha value is -2.17. The molecule has 2 rings (SSSR count). The van der Waals surface area contributed by atoms with Crippen molar-refractivity contribution in [3.8, 4) is 0 Å². The lowest BCUT2D eigenvalue weighted by molar-refractivity contribution is -0.131. The van der Waals surface area contributed by atoms with Gasteiger partial charge in [0.1, 0.15) is 11.6 Å². The molecule has 0 N–H and O–H groups in total. The minimum atomic E-state index is -0.237. The zero-order valence-corrected chi connectivity index (χ0v) is 14.6. The van der Waals surface area contributed by atoms with E-state index in [1.54, 1.807) is 6.07 Å². The number of halogens is 1. The molecule has 0 aliphatic heterocycles. The Labute approximate surface area is 142 Å². The van der Waals surface area contributed by atoms with Crippen molar-refractivity contribution in [3.05, 3.63) is 52.7 Å². The van der Waals surface area contributed by atoms with E-state index in [0.717, 1.165) is 35.5 Å². The first-order valence-electron chi connectivity index (χ1n) is 8.45. The van der Waals surface area contributed by atoms with Crippen LogP contribution in [0.5, 0.6) is 0 Å². The van der Waals surface area contributed by atoms with Crippen LogP contribution in [-0.4, -0.2) is 29.1 Å². The maximum absolute atomic E-state index is 13.3. The van der Waals surface area contributed by atoms with Gasteiger partial charge in [0, 0.05) is 25.1 Å². The summed E-state index contributed by atoms with van der Waals surface area (Å²) in [6.45, 7) is 7.14. The highest BCUT2D eigenvalue weighted by Crippen LogP contribution is 2.15. The van der Waals surface area contributed by atoms with Crippen LogP contribution in [0.2, 0.25) is 0 Å². The number of carbonyl (C=O) groups excluding carboxylic acids is 1. The molecule has 1 aromatic carbocycles. The van der Waals surface area contributed by atoms with Crippen molar-refractivity contribution in [1.82, 2.24) is 10.1 Å². The number of carbonyl (C=O) groups is 1. The van der Waals surface area contributed by atoms with Gasteiger partial charge in [-0.25, -0.2) is 4.39 Å². The van der Waals surface area contributed by atoms with E-state index in [0.29, 0.717) is 25.8 Å². The standard InChI is InChI=1S/C19H25FN2O2/c1-4-11-22(12-10-16-6-5-7-17(20)13-16)19(23)9-8-18-14(2)21-24-15(18)3/h5-7,13H,4,8-12H2,1-3H3. The van der Waals surface area contributed by atoms with Crippen LogP contribution < -0.4 is 0 Å². The lowest BCUT2D eigenvalue weighted by Crippen LogP contribution is -2.33. The molecule has 0 aliphatic rings. The maximum atomic E-state index is 13.3. The first kappa shape index (κ1) is 18.2. The molecule has 0 fully saturated rings. The van der Waals surface area contributed by atoms with E-state index in [-0.39, 0.29) is 11.7 Å². The Kier molecular flexibility index (Phi) is 6.53. The Balaban J connectivity index is 1.92. The van der Waals surface area contributed by atoms with Crippen molar-refractivity contribution < 1.29 is 13.7 Å². The molecule has 0 saturated heterocycles. The van der Waals surface area contributed by atoms with E-state index in [1.807, 2.05) is 24.8 Å². The number of amides is 1. The van der Waals surface area contributed by atoms with Crippen LogP contribution in [0.1, 0.15) is 42.3 Å². The van der Waals surface area contributed by atoms with Crippen molar-refractivity contribution >= 4 is 5.91 Å². The van der Waals surface area contributed by atoms with Gasteiger partial charge in [0.05, 0.1) is 5.69 Å². The van der Waals surface area contributed by atoms with Gasteiger partial charge in [0.25, 0.3) is 0 Å². The zero-order chi connectivity index (χ0) is 17.5. The number of rotatable bonds is 8. The van der Waals surface area contributed by atoms with Crippen LogP contribution >= 0.6 is 0 Å². The number of hydrogen-bond acceptors (Lipinski definition) is 3. The molecule has 4 nitrogen and oxygen atoms in total. The van der Waals surface area contributed by atoms with Crippen LogP contribution in [0.25, 0.3) is 0 Å². The average Bonchev–Trinajstić information content (AvgIpc) is 2.87. The molecule has 2 aromatic rings. The van der Waals surface area contributed by atoms with Crippen molar-refractivity contribution in [2.75, 3.05) is 13.1 Å². The lowest BCUT2D eigenvalue weighted by atomic mass is 10.1. The van der Waals surface area contributed by atoms with Gasteiger partial charge in [-0.15, -0.1) is 0 Å². The Morgan fingerprint density at radius 3 is 2.67 bits per heavy atom. The molecule has 24 heavy (non-hydrogen) atoms. The summed E-state index contributed by atoms with van der Waals surface area (Å²) in [5.74, 6) is 0.662. The van der Waals surface area contributed by atoms with E-state index in [9.17, 15) is 9.18 Å². The molecule has 0 aliphatic carbocycles. The van der Waals surface area contributed by atoms with E-state index in [2.05, 4.69) is 12.1 Å². The van der Waals surface area contributed by atoms with Crippen molar-refractivity contribution in [3.63, 3.8) is 0 Å². The van der Waals surface area contributed by atoms with Crippen LogP contribution in [-0.2, 0) is 17.6 Å². The minimum Gasteiger partial charge on any atom is -0.361 e. The second kappa shape index (κ2) is 8.62. The van der Waals surface area contributed by atoms with Gasteiger partial charge in [-0.3, -0.25) is 4.79 Å². The molecule has 0 bridgehead atoms. The van der Waals surface area contributed by atoms with E-state index in [4.69, 9.17) is 4.52 Å². The topological polar surface area (TPSA) is 46.3 Å². The van der Waals surface area contributed by atoms with E-state index < -0.39 is 0 Å². The van der Waals surface area contributed by atoms with E-state index >= 15 is 0 Å². The summed E-state index contributed by atoms with van der Waals surface area (Å²) < 4.78 is 18.4. The SMILES string of the molecule is CCCN(CCc1cccc(F)c1)C(=O)CCc1c(C)noc1C. The Morgan fingerprint density at radius 1 is 1.25 bits per heavy atom. The molecule has 0 atom stereocenters. The summed E-state index contributed by atoms with van der Waals surface area (Å²) in [5.41, 5.74) is 2.78. The third-order valence-electron chi connectivity index (χ3n) is 4.18. The normalized spacial score (nSPS) is 10.8. The summed E-state index contributed by atoms with van der Waals surface area (Å²) in [6.07, 6.45) is 2.64. The lowest BCUT2D eigenvalue weighted by Gasteiger charge is -2.22. The molecular weight excluding hydrogens is 307 g/mol. The monoisotopic (exact) mass is 332 g/mol. The van der Waals surface area contributed by atoms with Gasteiger partial charge in [-0.1, -0.05) is 24.2 Å². The molecule has 1 heterocycles. The maximum Gasteiger partial charge on any atom is 0.222 e. The minimum absolute atomic E-state index is 0.119. The second-order valence-electron chi connectivity index (χ2n) is 6.06. The van der Waals surface area contributed by atoms with Gasteiger partial charge in [0.15, 0.2) is 0 Å².